The van der Waals surface area contributed by atoms with Crippen LogP contribution in [0.5, 0.6) is 5.88 Å². The van der Waals surface area contributed by atoms with Crippen molar-refractivity contribution < 1.29 is 14.7 Å². The van der Waals surface area contributed by atoms with Crippen LogP contribution in [0.4, 0.5) is 0 Å². The van der Waals surface area contributed by atoms with Crippen molar-refractivity contribution in [2.24, 2.45) is 0 Å². The maximum Gasteiger partial charge on any atom is 0.289 e. The first-order valence-corrected chi connectivity index (χ1v) is 8.85. The molecule has 0 unspecified atom stereocenters. The van der Waals surface area contributed by atoms with Crippen LogP contribution in [-0.4, -0.2) is 33.4 Å². The summed E-state index contributed by atoms with van der Waals surface area (Å²) < 4.78 is 0. The largest absolute Gasteiger partial charge is 0.493 e. The molecule has 0 aliphatic rings. The summed E-state index contributed by atoms with van der Waals surface area (Å²) in [6, 6.07) is 18.6. The third-order valence-electron chi connectivity index (χ3n) is 4.09. The topological polar surface area (TPSA) is 104 Å². The molecule has 0 saturated heterocycles. The molecule has 7 heteroatoms. The molecular formula is C21H20N4O3. The van der Waals surface area contributed by atoms with Crippen molar-refractivity contribution >= 4 is 11.8 Å². The SMILES string of the molecule is CCNC(=O)c1ncc(C(=O)NC(c2ccccc2)c2ccccc2)c(O)n1. The van der Waals surface area contributed by atoms with Crippen LogP contribution in [0.25, 0.3) is 0 Å². The molecular weight excluding hydrogens is 356 g/mol. The molecule has 1 aromatic heterocycles. The van der Waals surface area contributed by atoms with E-state index in [0.29, 0.717) is 6.54 Å². The minimum absolute atomic E-state index is 0.107. The van der Waals surface area contributed by atoms with Crippen molar-refractivity contribution in [1.82, 2.24) is 20.6 Å². The summed E-state index contributed by atoms with van der Waals surface area (Å²) in [5, 5.41) is 15.6. The lowest BCUT2D eigenvalue weighted by molar-refractivity contribution is 0.0925. The standard InChI is InChI=1S/C21H20N4O3/c1-2-22-21(28)18-23-13-16(20(27)25-18)19(26)24-17(14-9-5-3-6-10-14)15-11-7-4-8-12-15/h3-13,17H,2H2,1H3,(H,22,28)(H,24,26)(H,23,25,27). The van der Waals surface area contributed by atoms with E-state index < -0.39 is 23.7 Å². The molecule has 1 heterocycles. The molecule has 0 bridgehead atoms. The molecule has 28 heavy (non-hydrogen) atoms. The first-order valence-electron chi connectivity index (χ1n) is 8.85. The number of aromatic nitrogens is 2. The van der Waals surface area contributed by atoms with Crippen LogP contribution >= 0.6 is 0 Å². The van der Waals surface area contributed by atoms with E-state index in [-0.39, 0.29) is 11.4 Å². The van der Waals surface area contributed by atoms with Gasteiger partial charge in [0.25, 0.3) is 11.8 Å². The summed E-state index contributed by atoms with van der Waals surface area (Å²) in [5.41, 5.74) is 1.67. The number of aromatic hydroxyl groups is 1. The van der Waals surface area contributed by atoms with E-state index in [1.54, 1.807) is 6.92 Å². The Morgan fingerprint density at radius 2 is 1.54 bits per heavy atom. The monoisotopic (exact) mass is 376 g/mol. The van der Waals surface area contributed by atoms with Gasteiger partial charge in [0.05, 0.1) is 6.04 Å². The predicted molar refractivity (Wildman–Crippen MR) is 104 cm³/mol. The van der Waals surface area contributed by atoms with Crippen LogP contribution in [0, 0.1) is 0 Å². The fourth-order valence-electron chi connectivity index (χ4n) is 2.74. The number of rotatable bonds is 6. The van der Waals surface area contributed by atoms with Gasteiger partial charge in [0, 0.05) is 12.7 Å². The van der Waals surface area contributed by atoms with E-state index in [0.717, 1.165) is 17.3 Å². The van der Waals surface area contributed by atoms with Crippen molar-refractivity contribution in [1.29, 1.82) is 0 Å². The second kappa shape index (κ2) is 8.77. The van der Waals surface area contributed by atoms with Crippen LogP contribution in [-0.2, 0) is 0 Å². The number of amides is 2. The highest BCUT2D eigenvalue weighted by Gasteiger charge is 2.22. The van der Waals surface area contributed by atoms with E-state index in [1.165, 1.54) is 0 Å². The predicted octanol–water partition coefficient (Wildman–Crippen LogP) is 2.45. The molecule has 0 aliphatic carbocycles. The highest BCUT2D eigenvalue weighted by atomic mass is 16.3. The fourth-order valence-corrected chi connectivity index (χ4v) is 2.74. The normalized spacial score (nSPS) is 10.5. The number of benzene rings is 2. The van der Waals surface area contributed by atoms with Crippen LogP contribution < -0.4 is 10.6 Å². The van der Waals surface area contributed by atoms with Crippen molar-refractivity contribution in [2.75, 3.05) is 6.54 Å². The van der Waals surface area contributed by atoms with Crippen LogP contribution in [0.15, 0.2) is 66.9 Å². The molecule has 3 aromatic rings. The van der Waals surface area contributed by atoms with Gasteiger partial charge >= 0.3 is 0 Å². The lowest BCUT2D eigenvalue weighted by Gasteiger charge is -2.20. The van der Waals surface area contributed by atoms with Gasteiger partial charge in [-0.25, -0.2) is 4.98 Å². The molecule has 0 aliphatic heterocycles. The lowest BCUT2D eigenvalue weighted by atomic mass is 9.98. The zero-order valence-electron chi connectivity index (χ0n) is 15.3. The highest BCUT2D eigenvalue weighted by molar-refractivity contribution is 5.97. The molecule has 3 N–H and O–H groups in total. The Hall–Kier alpha value is -3.74. The van der Waals surface area contributed by atoms with Crippen molar-refractivity contribution in [3.63, 3.8) is 0 Å². The number of hydrogen-bond donors (Lipinski definition) is 3. The molecule has 0 fully saturated rings. The second-order valence-corrected chi connectivity index (χ2v) is 6.02. The van der Waals surface area contributed by atoms with Gasteiger partial charge in [0.2, 0.25) is 11.7 Å². The maximum atomic E-state index is 12.8. The van der Waals surface area contributed by atoms with E-state index in [2.05, 4.69) is 20.6 Å². The number of carbonyl (C=O) groups excluding carboxylic acids is 2. The van der Waals surface area contributed by atoms with Crippen molar-refractivity contribution in [3.8, 4) is 5.88 Å². The summed E-state index contributed by atoms with van der Waals surface area (Å²) in [4.78, 5) is 32.2. The zero-order valence-corrected chi connectivity index (χ0v) is 15.3. The average Bonchev–Trinajstić information content (AvgIpc) is 2.73. The third kappa shape index (κ3) is 4.32. The third-order valence-corrected chi connectivity index (χ3v) is 4.09. The Kier molecular flexibility index (Phi) is 5.96. The summed E-state index contributed by atoms with van der Waals surface area (Å²) in [7, 11) is 0. The van der Waals surface area contributed by atoms with Crippen LogP contribution in [0.3, 0.4) is 0 Å². The van der Waals surface area contributed by atoms with Gasteiger partial charge in [0.1, 0.15) is 5.56 Å². The first kappa shape index (κ1) is 19.0. The van der Waals surface area contributed by atoms with Gasteiger partial charge in [-0.15, -0.1) is 0 Å². The molecule has 0 saturated carbocycles. The van der Waals surface area contributed by atoms with Gasteiger partial charge in [-0.2, -0.15) is 4.98 Å². The Bertz CT molecular complexity index is 922. The minimum Gasteiger partial charge on any atom is -0.493 e. The fraction of sp³-hybridized carbons (Fsp3) is 0.143. The van der Waals surface area contributed by atoms with Gasteiger partial charge in [-0.1, -0.05) is 60.7 Å². The minimum atomic E-state index is -0.548. The molecule has 0 spiro atoms. The lowest BCUT2D eigenvalue weighted by Crippen LogP contribution is -2.30. The Labute approximate surface area is 162 Å². The average molecular weight is 376 g/mol. The summed E-state index contributed by atoms with van der Waals surface area (Å²) in [5.74, 6) is -1.80. The molecule has 7 nitrogen and oxygen atoms in total. The van der Waals surface area contributed by atoms with Gasteiger partial charge in [-0.05, 0) is 18.1 Å². The van der Waals surface area contributed by atoms with Crippen LogP contribution in [0.1, 0.15) is 45.1 Å². The van der Waals surface area contributed by atoms with E-state index in [4.69, 9.17) is 0 Å². The van der Waals surface area contributed by atoms with E-state index in [9.17, 15) is 14.7 Å². The van der Waals surface area contributed by atoms with Gasteiger partial charge in [0.15, 0.2) is 0 Å². The van der Waals surface area contributed by atoms with Crippen molar-refractivity contribution in [2.45, 2.75) is 13.0 Å². The number of hydrogen-bond acceptors (Lipinski definition) is 5. The van der Waals surface area contributed by atoms with Gasteiger partial charge in [-0.3, -0.25) is 9.59 Å². The summed E-state index contributed by atoms with van der Waals surface area (Å²) in [6.45, 7) is 2.16. The number of nitrogens with zero attached hydrogens (tertiary/aromatic N) is 2. The molecule has 2 aromatic carbocycles. The molecule has 0 atom stereocenters. The highest BCUT2D eigenvalue weighted by Crippen LogP contribution is 2.23. The van der Waals surface area contributed by atoms with E-state index in [1.807, 2.05) is 60.7 Å². The maximum absolute atomic E-state index is 12.8. The summed E-state index contributed by atoms with van der Waals surface area (Å²) >= 11 is 0. The van der Waals surface area contributed by atoms with Crippen molar-refractivity contribution in [3.05, 3.63) is 89.4 Å². The summed E-state index contributed by atoms with van der Waals surface area (Å²) in [6.07, 6.45) is 1.15. The zero-order chi connectivity index (χ0) is 19.9. The second-order valence-electron chi connectivity index (χ2n) is 6.02. The van der Waals surface area contributed by atoms with Crippen LogP contribution in [0.2, 0.25) is 0 Å². The quantitative estimate of drug-likeness (QED) is 0.613. The first-order chi connectivity index (χ1) is 13.6. The Balaban J connectivity index is 1.87. The van der Waals surface area contributed by atoms with E-state index >= 15 is 0 Å². The smallest absolute Gasteiger partial charge is 0.289 e. The molecule has 2 amide bonds. The molecule has 0 radical (unpaired) electrons. The Morgan fingerprint density at radius 1 is 0.964 bits per heavy atom. The molecule has 142 valence electrons. The van der Waals surface area contributed by atoms with Gasteiger partial charge < -0.3 is 15.7 Å². The Morgan fingerprint density at radius 3 is 2.04 bits per heavy atom. The number of nitrogens with one attached hydrogen (secondary N) is 2. The molecule has 3 rings (SSSR count). The number of carbonyl (C=O) groups is 2.